The third-order valence-electron chi connectivity index (χ3n) is 3.51. The van der Waals surface area contributed by atoms with Gasteiger partial charge in [0.15, 0.2) is 5.78 Å². The molecular weight excluding hydrogens is 371 g/mol. The average molecular weight is 394 g/mol. The van der Waals surface area contributed by atoms with Crippen LogP contribution in [0.25, 0.3) is 0 Å². The summed E-state index contributed by atoms with van der Waals surface area (Å²) >= 11 is 6.22. The molecular formula is C20H23ClO4P+. The lowest BCUT2D eigenvalue weighted by atomic mass is 9.88. The summed E-state index contributed by atoms with van der Waals surface area (Å²) in [5.41, 5.74) is 1.01. The number of hydrogen-bond acceptors (Lipinski definition) is 4. The predicted molar refractivity (Wildman–Crippen MR) is 106 cm³/mol. The van der Waals surface area contributed by atoms with Gasteiger partial charge in [0.1, 0.15) is 11.5 Å². The van der Waals surface area contributed by atoms with Crippen LogP contribution in [0.4, 0.5) is 0 Å². The van der Waals surface area contributed by atoms with Gasteiger partial charge in [0, 0.05) is 5.56 Å². The number of benzene rings is 2. The predicted octanol–water partition coefficient (Wildman–Crippen LogP) is 5.16. The molecule has 0 aromatic heterocycles. The van der Waals surface area contributed by atoms with Crippen molar-refractivity contribution in [1.29, 1.82) is 0 Å². The summed E-state index contributed by atoms with van der Waals surface area (Å²) < 4.78 is 13.6. The lowest BCUT2D eigenvalue weighted by Crippen LogP contribution is -2.32. The van der Waals surface area contributed by atoms with Crippen LogP contribution in [0.15, 0.2) is 48.5 Å². The molecule has 6 heteroatoms. The van der Waals surface area contributed by atoms with Gasteiger partial charge in [0.2, 0.25) is 0 Å². The second-order valence-corrected chi connectivity index (χ2v) is 7.08. The van der Waals surface area contributed by atoms with Crippen molar-refractivity contribution in [2.45, 2.75) is 39.2 Å². The summed E-state index contributed by atoms with van der Waals surface area (Å²) in [7, 11) is 1.17. The Labute approximate surface area is 161 Å². The zero-order valence-electron chi connectivity index (χ0n) is 15.3. The minimum atomic E-state index is -1.04. The molecule has 0 aliphatic heterocycles. The second-order valence-electron chi connectivity index (χ2n) is 6.67. The fraction of sp³-hybridized carbons (Fsp3) is 0.300. The van der Waals surface area contributed by atoms with Crippen LogP contribution in [-0.2, 0) is 14.1 Å². The van der Waals surface area contributed by atoms with Crippen LogP contribution >= 0.6 is 20.7 Å². The van der Waals surface area contributed by atoms with E-state index in [4.69, 9.17) is 20.9 Å². The molecule has 26 heavy (non-hydrogen) atoms. The topological polar surface area (TPSA) is 60.4 Å². The minimum Gasteiger partial charge on any atom is -0.459 e. The van der Waals surface area contributed by atoms with Gasteiger partial charge in [-0.15, -0.1) is 0 Å². The first-order valence-corrected chi connectivity index (χ1v) is 8.86. The molecule has 0 fully saturated rings. The lowest BCUT2D eigenvalue weighted by molar-refractivity contribution is -0.155. The molecule has 0 saturated heterocycles. The molecule has 0 aliphatic rings. The molecule has 2 atom stereocenters. The van der Waals surface area contributed by atoms with Crippen molar-refractivity contribution in [3.63, 3.8) is 0 Å². The van der Waals surface area contributed by atoms with E-state index in [2.05, 4.69) is 0 Å². The van der Waals surface area contributed by atoms with Crippen LogP contribution in [0, 0.1) is 6.92 Å². The van der Waals surface area contributed by atoms with Gasteiger partial charge in [-0.05, 0) is 44.9 Å². The number of aryl methyl sites for hydroxylation is 1. The number of Topliss-reactive ketones (excluding diaryl/α,β-unsaturated/α-hetero) is 1. The third-order valence-corrected chi connectivity index (χ3v) is 3.82. The van der Waals surface area contributed by atoms with Crippen molar-refractivity contribution in [2.24, 2.45) is 0 Å². The molecule has 0 aliphatic carbocycles. The molecule has 2 unspecified atom stereocenters. The van der Waals surface area contributed by atoms with Crippen molar-refractivity contribution in [3.05, 3.63) is 70.2 Å². The number of carbonyl (C=O) groups is 2. The highest BCUT2D eigenvalue weighted by molar-refractivity contribution is 7.00. The van der Waals surface area contributed by atoms with Crippen LogP contribution in [0.1, 0.15) is 48.2 Å². The monoisotopic (exact) mass is 393 g/mol. The van der Waals surface area contributed by atoms with Crippen LogP contribution in [0.2, 0.25) is 5.02 Å². The van der Waals surface area contributed by atoms with Gasteiger partial charge in [-0.25, -0.2) is 0 Å². The Kier molecular flexibility index (Phi) is 8.13. The molecule has 0 N–H and O–H groups in total. The number of halogens is 1. The largest absolute Gasteiger partial charge is 0.459 e. The van der Waals surface area contributed by atoms with E-state index in [0.717, 1.165) is 5.56 Å². The number of ether oxygens (including phenoxy) is 1. The van der Waals surface area contributed by atoms with E-state index in [1.165, 1.54) is 9.12 Å². The van der Waals surface area contributed by atoms with Crippen LogP contribution in [0.3, 0.4) is 0 Å². The Bertz CT molecular complexity index is 749. The lowest BCUT2D eigenvalue weighted by Gasteiger charge is -2.24. The number of ketones is 1. The molecule has 0 saturated carbocycles. The maximum atomic E-state index is 13.1. The highest BCUT2D eigenvalue weighted by atomic mass is 35.5. The Hall–Kier alpha value is -2.03. The molecule has 2 rings (SSSR count). The Balaban J connectivity index is 0.00000163. The third kappa shape index (κ3) is 5.76. The van der Waals surface area contributed by atoms with Gasteiger partial charge in [0.05, 0.1) is 5.02 Å². The van der Waals surface area contributed by atoms with Gasteiger partial charge in [-0.1, -0.05) is 58.6 Å². The van der Waals surface area contributed by atoms with E-state index in [9.17, 15) is 9.59 Å². The zero-order chi connectivity index (χ0) is 19.9. The van der Waals surface area contributed by atoms with Crippen molar-refractivity contribution < 1.29 is 18.9 Å². The van der Waals surface area contributed by atoms with Crippen LogP contribution < -0.4 is 0 Å². The highest BCUT2D eigenvalue weighted by Gasteiger charge is 2.34. The maximum Gasteiger partial charge on any atom is 0.321 e. The van der Waals surface area contributed by atoms with Gasteiger partial charge in [-0.2, -0.15) is 0 Å². The summed E-state index contributed by atoms with van der Waals surface area (Å²) in [5.74, 6) is -1.96. The van der Waals surface area contributed by atoms with Crippen LogP contribution in [-0.4, -0.2) is 17.4 Å². The molecule has 2 aromatic carbocycles. The highest BCUT2D eigenvalue weighted by Crippen LogP contribution is 2.29. The summed E-state index contributed by atoms with van der Waals surface area (Å²) in [4.78, 5) is 25.8. The number of carbonyl (C=O) groups excluding carboxylic acids is 2. The van der Waals surface area contributed by atoms with E-state index >= 15 is 0 Å². The molecule has 0 spiro atoms. The number of rotatable bonds is 4. The SMILES string of the molecule is Cc1cccc(Cl)c1C(=O)C(C(=O)OC(C)(C)C)c1ccccc1.O=[PH2+]. The summed E-state index contributed by atoms with van der Waals surface area (Å²) in [6, 6.07) is 14.1. The zero-order valence-corrected chi connectivity index (χ0v) is 17.2. The summed E-state index contributed by atoms with van der Waals surface area (Å²) in [5, 5.41) is 0.337. The Morgan fingerprint density at radius 3 is 2.08 bits per heavy atom. The minimum absolute atomic E-state index is 0.337. The van der Waals surface area contributed by atoms with E-state index < -0.39 is 17.5 Å². The molecule has 0 bridgehead atoms. The smallest absolute Gasteiger partial charge is 0.321 e. The molecule has 0 radical (unpaired) electrons. The Morgan fingerprint density at radius 1 is 1.00 bits per heavy atom. The van der Waals surface area contributed by atoms with E-state index in [0.29, 0.717) is 16.1 Å². The van der Waals surface area contributed by atoms with Crippen molar-refractivity contribution in [2.75, 3.05) is 0 Å². The quantitative estimate of drug-likeness (QED) is 0.311. The molecule has 4 nitrogen and oxygen atoms in total. The molecule has 0 heterocycles. The fourth-order valence-electron chi connectivity index (χ4n) is 2.49. The van der Waals surface area contributed by atoms with E-state index in [1.54, 1.807) is 70.2 Å². The van der Waals surface area contributed by atoms with E-state index in [-0.39, 0.29) is 5.78 Å². The van der Waals surface area contributed by atoms with Gasteiger partial charge >= 0.3 is 15.1 Å². The summed E-state index contributed by atoms with van der Waals surface area (Å²) in [6.07, 6.45) is 0. The number of esters is 1. The van der Waals surface area contributed by atoms with Crippen LogP contribution in [0.5, 0.6) is 0 Å². The van der Waals surface area contributed by atoms with Gasteiger partial charge in [-0.3, -0.25) is 9.59 Å². The first-order valence-electron chi connectivity index (χ1n) is 8.01. The van der Waals surface area contributed by atoms with Crippen molar-refractivity contribution >= 4 is 32.5 Å². The van der Waals surface area contributed by atoms with Gasteiger partial charge in [0.25, 0.3) is 0 Å². The average Bonchev–Trinajstić information content (AvgIpc) is 2.56. The standard InChI is InChI=1S/C20H21ClO3.H2OP/c1-13-9-8-12-15(21)16(13)18(22)17(14-10-6-5-7-11-14)19(23)24-20(2,3)4;1-2/h5-12,17H,1-4H3;2H2/q;+1. The number of hydrogen-bond donors (Lipinski definition) is 0. The fourth-order valence-corrected chi connectivity index (χ4v) is 2.80. The second kappa shape index (κ2) is 9.61. The molecule has 0 amide bonds. The Morgan fingerprint density at radius 2 is 1.58 bits per heavy atom. The first-order chi connectivity index (χ1) is 12.2. The van der Waals surface area contributed by atoms with Gasteiger partial charge < -0.3 is 4.74 Å². The maximum absolute atomic E-state index is 13.1. The molecule has 138 valence electrons. The normalized spacial score (nSPS) is 11.7. The first kappa shape index (κ1) is 22.0. The summed E-state index contributed by atoms with van der Waals surface area (Å²) in [6.45, 7) is 7.13. The van der Waals surface area contributed by atoms with E-state index in [1.807, 2.05) is 6.07 Å². The van der Waals surface area contributed by atoms with Crippen molar-refractivity contribution in [1.82, 2.24) is 0 Å². The molecule has 2 aromatic rings. The van der Waals surface area contributed by atoms with Crippen molar-refractivity contribution in [3.8, 4) is 0 Å².